The van der Waals surface area contributed by atoms with Gasteiger partial charge in [-0.15, -0.1) is 0 Å². The first-order valence-electron chi connectivity index (χ1n) is 8.78. The van der Waals surface area contributed by atoms with E-state index in [0.717, 1.165) is 11.1 Å². The Balaban J connectivity index is 1.38. The third kappa shape index (κ3) is 3.75. The number of carboxylic acids is 1. The molecule has 2 aromatic rings. The molecule has 8 nitrogen and oxygen atoms in total. The minimum Gasteiger partial charge on any atom is -0.548 e. The number of rotatable bonds is 6. The van der Waals surface area contributed by atoms with Crippen LogP contribution in [-0.2, 0) is 20.8 Å². The van der Waals surface area contributed by atoms with Crippen molar-refractivity contribution < 1.29 is 29.0 Å². The Hall–Kier alpha value is -3.55. The Labute approximate surface area is 160 Å². The second-order valence-corrected chi connectivity index (χ2v) is 6.47. The molecule has 0 unspecified atom stereocenters. The number of nitrogens with one attached hydrogen (secondary N) is 1. The van der Waals surface area contributed by atoms with E-state index in [1.807, 2.05) is 6.07 Å². The summed E-state index contributed by atoms with van der Waals surface area (Å²) in [6.45, 7) is 0.165. The molecule has 0 saturated heterocycles. The van der Waals surface area contributed by atoms with Crippen molar-refractivity contribution >= 4 is 17.6 Å². The molecule has 144 valence electrons. The molecule has 2 heterocycles. The van der Waals surface area contributed by atoms with Crippen LogP contribution in [0, 0.1) is 0 Å². The predicted octanol–water partition coefficient (Wildman–Crippen LogP) is 0.386. The van der Waals surface area contributed by atoms with E-state index in [1.165, 1.54) is 0 Å². The lowest BCUT2D eigenvalue weighted by molar-refractivity contribution is -0.308. The van der Waals surface area contributed by atoms with Crippen molar-refractivity contribution in [3.8, 4) is 11.5 Å². The summed E-state index contributed by atoms with van der Waals surface area (Å²) in [6, 6.07) is 13.2. The molecule has 1 amide bonds. The summed E-state index contributed by atoms with van der Waals surface area (Å²) in [7, 11) is 0. The number of nitrogens with zero attached hydrogens (tertiary/aromatic N) is 1. The van der Waals surface area contributed by atoms with Gasteiger partial charge in [0.05, 0.1) is 17.7 Å². The summed E-state index contributed by atoms with van der Waals surface area (Å²) in [5, 5.41) is 17.9. The second-order valence-electron chi connectivity index (χ2n) is 6.47. The molecule has 0 spiro atoms. The molecule has 2 aliphatic rings. The third-order valence-corrected chi connectivity index (χ3v) is 4.55. The van der Waals surface area contributed by atoms with Crippen molar-refractivity contribution in [3.05, 3.63) is 59.7 Å². The van der Waals surface area contributed by atoms with Gasteiger partial charge < -0.3 is 29.5 Å². The second kappa shape index (κ2) is 7.59. The number of carbonyl (C=O) groups is 2. The van der Waals surface area contributed by atoms with Crippen LogP contribution in [0.25, 0.3) is 0 Å². The van der Waals surface area contributed by atoms with Gasteiger partial charge in [0.2, 0.25) is 12.9 Å². The number of ether oxygens (including phenoxy) is 2. The molecule has 0 bridgehead atoms. The molecule has 1 N–H and O–H groups in total. The maximum absolute atomic E-state index is 12.5. The minimum atomic E-state index is -1.35. The molecular formula is C20H17N2O6-. The van der Waals surface area contributed by atoms with Gasteiger partial charge in [0.25, 0.3) is 5.91 Å². The zero-order valence-corrected chi connectivity index (χ0v) is 14.8. The minimum absolute atomic E-state index is 0.123. The molecule has 2 aromatic carbocycles. The van der Waals surface area contributed by atoms with E-state index in [2.05, 4.69) is 10.5 Å². The first kappa shape index (κ1) is 17.8. The average molecular weight is 381 g/mol. The lowest BCUT2D eigenvalue weighted by atomic mass is 10.0. The highest BCUT2D eigenvalue weighted by atomic mass is 16.7. The first-order valence-corrected chi connectivity index (χ1v) is 8.78. The van der Waals surface area contributed by atoms with Crippen LogP contribution in [0.5, 0.6) is 11.5 Å². The van der Waals surface area contributed by atoms with E-state index in [4.69, 9.17) is 14.3 Å². The SMILES string of the molecule is O=C([O-])[C@H](Cc1ccccc1)NC(=O)[C@H]1CC(c2ccc3c(c2)OCO3)=NO1. The summed E-state index contributed by atoms with van der Waals surface area (Å²) in [6.07, 6.45) is -0.563. The topological polar surface area (TPSA) is 109 Å². The summed E-state index contributed by atoms with van der Waals surface area (Å²) >= 11 is 0. The fraction of sp³-hybridized carbons (Fsp3) is 0.250. The highest BCUT2D eigenvalue weighted by Crippen LogP contribution is 2.33. The Morgan fingerprint density at radius 1 is 1.14 bits per heavy atom. The maximum atomic E-state index is 12.5. The molecule has 0 aromatic heterocycles. The van der Waals surface area contributed by atoms with Crippen molar-refractivity contribution in [2.24, 2.45) is 5.16 Å². The number of hydrogen-bond donors (Lipinski definition) is 1. The number of carbonyl (C=O) groups excluding carboxylic acids is 2. The average Bonchev–Trinajstić information content (AvgIpc) is 3.37. The van der Waals surface area contributed by atoms with E-state index < -0.39 is 24.0 Å². The largest absolute Gasteiger partial charge is 0.548 e. The van der Waals surface area contributed by atoms with Crippen molar-refractivity contribution in [3.63, 3.8) is 0 Å². The fourth-order valence-corrected chi connectivity index (χ4v) is 3.07. The zero-order valence-electron chi connectivity index (χ0n) is 14.8. The van der Waals surface area contributed by atoms with E-state index in [0.29, 0.717) is 17.2 Å². The van der Waals surface area contributed by atoms with Crippen LogP contribution in [0.15, 0.2) is 53.7 Å². The predicted molar refractivity (Wildman–Crippen MR) is 95.7 cm³/mol. The highest BCUT2D eigenvalue weighted by Gasteiger charge is 2.31. The lowest BCUT2D eigenvalue weighted by Crippen LogP contribution is -2.51. The van der Waals surface area contributed by atoms with Gasteiger partial charge in [-0.2, -0.15) is 0 Å². The Bertz CT molecular complexity index is 928. The smallest absolute Gasteiger partial charge is 0.264 e. The van der Waals surface area contributed by atoms with Crippen molar-refractivity contribution in [2.75, 3.05) is 6.79 Å². The monoisotopic (exact) mass is 381 g/mol. The fourth-order valence-electron chi connectivity index (χ4n) is 3.07. The summed E-state index contributed by atoms with van der Waals surface area (Å²) in [5.41, 5.74) is 2.11. The van der Waals surface area contributed by atoms with Crippen LogP contribution >= 0.6 is 0 Å². The maximum Gasteiger partial charge on any atom is 0.264 e. The van der Waals surface area contributed by atoms with Gasteiger partial charge in [0, 0.05) is 12.0 Å². The van der Waals surface area contributed by atoms with Crippen molar-refractivity contribution in [1.82, 2.24) is 5.32 Å². The first-order chi connectivity index (χ1) is 13.6. The number of oxime groups is 1. The van der Waals surface area contributed by atoms with Gasteiger partial charge in [-0.25, -0.2) is 0 Å². The number of carboxylic acid groups (broad SMARTS) is 1. The van der Waals surface area contributed by atoms with Crippen LogP contribution in [0.1, 0.15) is 17.5 Å². The molecule has 28 heavy (non-hydrogen) atoms. The van der Waals surface area contributed by atoms with Crippen LogP contribution in [0.2, 0.25) is 0 Å². The van der Waals surface area contributed by atoms with Gasteiger partial charge in [-0.3, -0.25) is 4.79 Å². The van der Waals surface area contributed by atoms with Gasteiger partial charge >= 0.3 is 0 Å². The summed E-state index contributed by atoms with van der Waals surface area (Å²) < 4.78 is 10.6. The van der Waals surface area contributed by atoms with Gasteiger partial charge in [-0.1, -0.05) is 35.5 Å². The van der Waals surface area contributed by atoms with E-state index in [-0.39, 0.29) is 19.6 Å². The van der Waals surface area contributed by atoms with E-state index in [1.54, 1.807) is 42.5 Å². The molecule has 4 rings (SSSR count). The quantitative estimate of drug-likeness (QED) is 0.775. The van der Waals surface area contributed by atoms with E-state index in [9.17, 15) is 14.7 Å². The van der Waals surface area contributed by atoms with E-state index >= 15 is 0 Å². The Kier molecular flexibility index (Phi) is 4.84. The number of amides is 1. The van der Waals surface area contributed by atoms with Crippen LogP contribution in [0.3, 0.4) is 0 Å². The lowest BCUT2D eigenvalue weighted by Gasteiger charge is -2.21. The van der Waals surface area contributed by atoms with Crippen LogP contribution < -0.4 is 19.9 Å². The highest BCUT2D eigenvalue weighted by molar-refractivity contribution is 6.04. The van der Waals surface area contributed by atoms with Gasteiger partial charge in [-0.05, 0) is 30.2 Å². The standard InChI is InChI=1S/C20H18N2O6/c23-19(21-15(20(24)25)8-12-4-2-1-3-5-12)18-10-14(22-28-18)13-6-7-16-17(9-13)27-11-26-16/h1-7,9,15,18H,8,10-11H2,(H,21,23)(H,24,25)/p-1/t15-,18+/m0/s1. The number of aliphatic carboxylic acids is 1. The number of fused-ring (bicyclic) bond motifs is 1. The molecule has 8 heteroatoms. The molecular weight excluding hydrogens is 364 g/mol. The molecule has 0 fully saturated rings. The van der Waals surface area contributed by atoms with Crippen molar-refractivity contribution in [2.45, 2.75) is 25.0 Å². The zero-order chi connectivity index (χ0) is 19.5. The van der Waals surface area contributed by atoms with Crippen LogP contribution in [0.4, 0.5) is 0 Å². The number of hydrogen-bond acceptors (Lipinski definition) is 7. The van der Waals surface area contributed by atoms with Crippen LogP contribution in [-0.4, -0.2) is 36.5 Å². The Morgan fingerprint density at radius 2 is 1.93 bits per heavy atom. The molecule has 2 aliphatic heterocycles. The summed E-state index contributed by atoms with van der Waals surface area (Å²) in [4.78, 5) is 29.1. The molecule has 0 aliphatic carbocycles. The summed E-state index contributed by atoms with van der Waals surface area (Å²) in [5.74, 6) is -0.653. The third-order valence-electron chi connectivity index (χ3n) is 4.55. The molecule has 2 atom stereocenters. The molecule has 0 saturated carbocycles. The van der Waals surface area contributed by atoms with Gasteiger partial charge in [0.1, 0.15) is 0 Å². The van der Waals surface area contributed by atoms with Gasteiger partial charge in [0.15, 0.2) is 11.5 Å². The Morgan fingerprint density at radius 3 is 2.71 bits per heavy atom. The molecule has 0 radical (unpaired) electrons. The van der Waals surface area contributed by atoms with Crippen molar-refractivity contribution in [1.29, 1.82) is 0 Å². The number of benzene rings is 2. The normalized spacial score (nSPS) is 18.1.